The van der Waals surface area contributed by atoms with Gasteiger partial charge in [-0.1, -0.05) is 56.4 Å². The number of nitrogens with one attached hydrogen (secondary N) is 1. The molecule has 35 heavy (non-hydrogen) atoms. The quantitative estimate of drug-likeness (QED) is 0.543. The first-order valence-corrected chi connectivity index (χ1v) is 13.1. The van der Waals surface area contributed by atoms with E-state index in [9.17, 15) is 14.0 Å². The highest BCUT2D eigenvalue weighted by atomic mass is 19.1. The molecule has 2 aromatic carbocycles. The van der Waals surface area contributed by atoms with E-state index in [1.165, 1.54) is 25.3 Å². The van der Waals surface area contributed by atoms with Gasteiger partial charge in [-0.3, -0.25) is 19.6 Å². The predicted octanol–water partition coefficient (Wildman–Crippen LogP) is 5.52. The van der Waals surface area contributed by atoms with E-state index in [2.05, 4.69) is 5.32 Å². The number of halogens is 1. The van der Waals surface area contributed by atoms with Gasteiger partial charge in [-0.2, -0.15) is 0 Å². The largest absolute Gasteiger partial charge is 0.344 e. The van der Waals surface area contributed by atoms with Gasteiger partial charge in [0, 0.05) is 13.1 Å². The van der Waals surface area contributed by atoms with E-state index in [1.54, 1.807) is 17.1 Å². The Balaban J connectivity index is 1.56. The molecule has 1 N–H and O–H groups in total. The Morgan fingerprint density at radius 2 is 1.89 bits per heavy atom. The monoisotopic (exact) mass is 479 g/mol. The molecule has 0 saturated heterocycles. The van der Waals surface area contributed by atoms with E-state index in [4.69, 9.17) is 0 Å². The third kappa shape index (κ3) is 5.68. The second-order valence-corrected chi connectivity index (χ2v) is 10.1. The van der Waals surface area contributed by atoms with Crippen LogP contribution in [0.4, 0.5) is 10.1 Å². The summed E-state index contributed by atoms with van der Waals surface area (Å²) in [6, 6.07) is 12.1. The van der Waals surface area contributed by atoms with Crippen LogP contribution in [0.5, 0.6) is 0 Å². The van der Waals surface area contributed by atoms with Crippen molar-refractivity contribution in [2.45, 2.75) is 77.7 Å². The first-order chi connectivity index (χ1) is 16.9. The van der Waals surface area contributed by atoms with Gasteiger partial charge in [0.1, 0.15) is 11.9 Å². The number of fused-ring (bicyclic) bond motifs is 1. The first-order valence-electron chi connectivity index (χ1n) is 13.1. The van der Waals surface area contributed by atoms with Crippen LogP contribution in [-0.4, -0.2) is 36.0 Å². The van der Waals surface area contributed by atoms with Gasteiger partial charge in [0.05, 0.1) is 11.6 Å². The molecule has 1 fully saturated rings. The highest BCUT2D eigenvalue weighted by Crippen LogP contribution is 2.32. The number of carbonyl (C=O) groups excluding carboxylic acids is 2. The minimum atomic E-state index is -0.582. The summed E-state index contributed by atoms with van der Waals surface area (Å²) in [6.07, 6.45) is 7.17. The number of carbonyl (C=O) groups is 2. The molecule has 1 aliphatic heterocycles. The summed E-state index contributed by atoms with van der Waals surface area (Å²) in [5, 5.41) is 6.85. The molecule has 0 bridgehead atoms. The Hall–Kier alpha value is -2.89. The molecule has 2 aliphatic rings. The summed E-state index contributed by atoms with van der Waals surface area (Å²) in [5.41, 5.74) is 3.84. The van der Waals surface area contributed by atoms with Gasteiger partial charge >= 0.3 is 0 Å². The Morgan fingerprint density at radius 3 is 2.60 bits per heavy atom. The zero-order valence-corrected chi connectivity index (χ0v) is 21.2. The van der Waals surface area contributed by atoms with Crippen molar-refractivity contribution >= 4 is 17.5 Å². The number of benzene rings is 2. The van der Waals surface area contributed by atoms with Crippen LogP contribution >= 0.6 is 0 Å². The molecule has 2 amide bonds. The van der Waals surface area contributed by atoms with Crippen LogP contribution in [0.15, 0.2) is 42.5 Å². The molecule has 188 valence electrons. The number of anilines is 1. The van der Waals surface area contributed by atoms with Crippen molar-refractivity contribution in [3.05, 3.63) is 65.0 Å². The molecule has 4 rings (SSSR count). The summed E-state index contributed by atoms with van der Waals surface area (Å²) in [6.45, 7) is 6.98. The molecule has 0 aromatic heterocycles. The van der Waals surface area contributed by atoms with Gasteiger partial charge in [0.15, 0.2) is 0 Å². The molecule has 1 aliphatic carbocycles. The smallest absolute Gasteiger partial charge is 0.263 e. The van der Waals surface area contributed by atoms with Crippen molar-refractivity contribution < 1.29 is 14.0 Å². The van der Waals surface area contributed by atoms with E-state index in [0.29, 0.717) is 31.8 Å². The molecule has 0 radical (unpaired) electrons. The van der Waals surface area contributed by atoms with Crippen LogP contribution in [0.1, 0.15) is 75.0 Å². The molecular formula is C29H38FN3O2. The number of likely N-dealkylation sites (N-methyl/N-ethyl adjacent to an activating group) is 1. The van der Waals surface area contributed by atoms with Gasteiger partial charge < -0.3 is 5.32 Å². The van der Waals surface area contributed by atoms with E-state index in [0.717, 1.165) is 35.2 Å². The van der Waals surface area contributed by atoms with Crippen LogP contribution in [0, 0.1) is 18.7 Å². The number of nitrogens with zero attached hydrogens (tertiary/aromatic N) is 2. The molecule has 0 spiro atoms. The maximum atomic E-state index is 14.0. The Morgan fingerprint density at radius 1 is 1.14 bits per heavy atom. The lowest BCUT2D eigenvalue weighted by Crippen LogP contribution is -2.55. The van der Waals surface area contributed by atoms with Crippen LogP contribution in [0.2, 0.25) is 0 Å². The van der Waals surface area contributed by atoms with E-state index in [1.807, 2.05) is 50.0 Å². The molecule has 2 unspecified atom stereocenters. The van der Waals surface area contributed by atoms with Crippen LogP contribution < -0.4 is 10.3 Å². The van der Waals surface area contributed by atoms with Gasteiger partial charge in [-0.05, 0) is 74.4 Å². The Bertz CT molecular complexity index is 1050. The number of hydrogen-bond acceptors (Lipinski definition) is 3. The van der Waals surface area contributed by atoms with Crippen LogP contribution in [-0.2, 0) is 16.0 Å². The van der Waals surface area contributed by atoms with Crippen molar-refractivity contribution in [1.29, 1.82) is 0 Å². The number of hydrogen-bond donors (Lipinski definition) is 1. The number of hydrazine groups is 1. The lowest BCUT2D eigenvalue weighted by molar-refractivity contribution is -0.137. The Labute approximate surface area is 208 Å². The molecule has 1 heterocycles. The van der Waals surface area contributed by atoms with E-state index in [-0.39, 0.29) is 23.5 Å². The summed E-state index contributed by atoms with van der Waals surface area (Å²) < 4.78 is 13.8. The van der Waals surface area contributed by atoms with Crippen molar-refractivity contribution in [3.63, 3.8) is 0 Å². The fourth-order valence-electron chi connectivity index (χ4n) is 5.72. The molecule has 6 heteroatoms. The fourth-order valence-corrected chi connectivity index (χ4v) is 5.72. The molecule has 2 atom stereocenters. The van der Waals surface area contributed by atoms with Crippen molar-refractivity contribution in [2.75, 3.05) is 18.1 Å². The van der Waals surface area contributed by atoms with Gasteiger partial charge in [-0.15, -0.1) is 0 Å². The zero-order chi connectivity index (χ0) is 24.9. The summed E-state index contributed by atoms with van der Waals surface area (Å²) in [7, 11) is 0. The minimum Gasteiger partial charge on any atom is -0.344 e. The van der Waals surface area contributed by atoms with Crippen molar-refractivity contribution in [2.24, 2.45) is 5.92 Å². The summed E-state index contributed by atoms with van der Waals surface area (Å²) in [4.78, 5) is 27.4. The topological polar surface area (TPSA) is 52.7 Å². The first kappa shape index (κ1) is 25.2. The molecule has 1 saturated carbocycles. The average molecular weight is 480 g/mol. The number of rotatable bonds is 8. The fraction of sp³-hybridized carbons (Fsp3) is 0.517. The van der Waals surface area contributed by atoms with E-state index >= 15 is 0 Å². The lowest BCUT2D eigenvalue weighted by atomic mass is 9.84. The third-order valence-electron chi connectivity index (χ3n) is 7.71. The highest BCUT2D eigenvalue weighted by Gasteiger charge is 2.35. The number of amides is 2. The van der Waals surface area contributed by atoms with Gasteiger partial charge in [0.2, 0.25) is 5.91 Å². The zero-order valence-electron chi connectivity index (χ0n) is 21.2. The maximum absolute atomic E-state index is 14.0. The third-order valence-corrected chi connectivity index (χ3v) is 7.71. The second kappa shape index (κ2) is 11.2. The van der Waals surface area contributed by atoms with E-state index < -0.39 is 6.04 Å². The standard InChI is InChI=1S/C29H38FN3O2/c1-4-32(33-17-16-23-19-24(30)14-15-27(23)33)29(35)26(18-22-11-6-5-7-12-22)31-28(34)21(3)25-13-9-8-10-20(25)2/h8-10,13-15,19,21-22,26H,4-7,11-12,16-18H2,1-3H3,(H,31,34). The number of aryl methyl sites for hydroxylation is 1. The van der Waals surface area contributed by atoms with Crippen LogP contribution in [0.25, 0.3) is 0 Å². The highest BCUT2D eigenvalue weighted by molar-refractivity contribution is 5.91. The second-order valence-electron chi connectivity index (χ2n) is 10.1. The molecular weight excluding hydrogens is 441 g/mol. The minimum absolute atomic E-state index is 0.0828. The van der Waals surface area contributed by atoms with Gasteiger partial charge in [-0.25, -0.2) is 4.39 Å². The van der Waals surface area contributed by atoms with Crippen molar-refractivity contribution in [1.82, 2.24) is 10.3 Å². The van der Waals surface area contributed by atoms with Crippen LogP contribution in [0.3, 0.4) is 0 Å². The predicted molar refractivity (Wildman–Crippen MR) is 138 cm³/mol. The normalized spacial score (nSPS) is 17.5. The maximum Gasteiger partial charge on any atom is 0.263 e. The average Bonchev–Trinajstić information content (AvgIpc) is 3.27. The SMILES string of the molecule is CCN(C(=O)C(CC1CCCCC1)NC(=O)C(C)c1ccccc1C)N1CCc2cc(F)ccc21. The summed E-state index contributed by atoms with van der Waals surface area (Å²) >= 11 is 0. The lowest BCUT2D eigenvalue weighted by Gasteiger charge is -2.37. The van der Waals surface area contributed by atoms with Crippen molar-refractivity contribution in [3.8, 4) is 0 Å². The molecule has 2 aromatic rings. The molecule has 5 nitrogen and oxygen atoms in total. The Kier molecular flexibility index (Phi) is 8.09. The summed E-state index contributed by atoms with van der Waals surface area (Å²) in [5.74, 6) is -0.365. The van der Waals surface area contributed by atoms with Gasteiger partial charge in [0.25, 0.3) is 5.91 Å².